The first-order valence-electron chi connectivity index (χ1n) is 5.01. The van der Waals surface area contributed by atoms with Crippen molar-refractivity contribution >= 4 is 21.4 Å². The minimum atomic E-state index is -3.41. The molecule has 0 saturated carbocycles. The third kappa shape index (κ3) is 3.55. The molecule has 92 valence electrons. The van der Waals surface area contributed by atoms with Crippen LogP contribution in [-0.4, -0.2) is 21.0 Å². The lowest BCUT2D eigenvalue weighted by Crippen LogP contribution is -2.40. The molecule has 0 atom stereocenters. The highest BCUT2D eigenvalue weighted by Crippen LogP contribution is 2.22. The highest BCUT2D eigenvalue weighted by molar-refractivity contribution is 7.89. The van der Waals surface area contributed by atoms with Crippen LogP contribution in [0, 0.1) is 0 Å². The zero-order valence-corrected chi connectivity index (χ0v) is 11.6. The average Bonchev–Trinajstić information content (AvgIpc) is 2.48. The van der Waals surface area contributed by atoms with Gasteiger partial charge in [-0.15, -0.1) is 11.3 Å². The number of hydrogen-bond donors (Lipinski definition) is 2. The van der Waals surface area contributed by atoms with Crippen LogP contribution in [0.1, 0.15) is 25.6 Å². The van der Waals surface area contributed by atoms with Crippen molar-refractivity contribution in [3.05, 3.63) is 16.3 Å². The van der Waals surface area contributed by atoms with Crippen LogP contribution in [0.5, 0.6) is 0 Å². The standard InChI is InChI=1S/C10H18N2O2S2/c1-10(2,3)12-16(13,14)9-5-6-15-8(9)7-11-4/h5-6,11-12H,7H2,1-4H3. The summed E-state index contributed by atoms with van der Waals surface area (Å²) < 4.78 is 26.8. The first-order chi connectivity index (χ1) is 7.26. The van der Waals surface area contributed by atoms with Crippen LogP contribution in [0.3, 0.4) is 0 Å². The topological polar surface area (TPSA) is 58.2 Å². The second kappa shape index (κ2) is 4.83. The van der Waals surface area contributed by atoms with Crippen molar-refractivity contribution < 1.29 is 8.42 Å². The largest absolute Gasteiger partial charge is 0.315 e. The molecule has 0 aliphatic heterocycles. The van der Waals surface area contributed by atoms with E-state index < -0.39 is 15.6 Å². The Bertz CT molecular complexity index is 444. The Hall–Kier alpha value is -0.430. The molecule has 2 N–H and O–H groups in total. The fourth-order valence-corrected chi connectivity index (χ4v) is 4.19. The van der Waals surface area contributed by atoms with Gasteiger partial charge in [-0.2, -0.15) is 0 Å². The molecule has 1 heterocycles. The zero-order valence-electron chi connectivity index (χ0n) is 9.99. The van der Waals surface area contributed by atoms with Crippen molar-refractivity contribution in [2.45, 2.75) is 37.8 Å². The van der Waals surface area contributed by atoms with Gasteiger partial charge in [-0.3, -0.25) is 0 Å². The Morgan fingerprint density at radius 1 is 1.38 bits per heavy atom. The molecule has 0 aromatic carbocycles. The number of thiophene rings is 1. The van der Waals surface area contributed by atoms with E-state index in [2.05, 4.69) is 10.0 Å². The van der Waals surface area contributed by atoms with Gasteiger partial charge in [-0.05, 0) is 39.3 Å². The van der Waals surface area contributed by atoms with Gasteiger partial charge in [0.15, 0.2) is 0 Å². The monoisotopic (exact) mass is 262 g/mol. The predicted molar refractivity (Wildman–Crippen MR) is 67.2 cm³/mol. The highest BCUT2D eigenvalue weighted by atomic mass is 32.2. The van der Waals surface area contributed by atoms with Crippen LogP contribution in [0.15, 0.2) is 16.3 Å². The normalized spacial score (nSPS) is 13.0. The molecule has 0 unspecified atom stereocenters. The van der Waals surface area contributed by atoms with Gasteiger partial charge in [0, 0.05) is 17.0 Å². The summed E-state index contributed by atoms with van der Waals surface area (Å²) in [6.45, 7) is 6.05. The van der Waals surface area contributed by atoms with Crippen LogP contribution in [0.4, 0.5) is 0 Å². The predicted octanol–water partition coefficient (Wildman–Crippen LogP) is 1.54. The number of sulfonamides is 1. The Kier molecular flexibility index (Phi) is 4.12. The van der Waals surface area contributed by atoms with E-state index in [1.807, 2.05) is 20.8 Å². The maximum Gasteiger partial charge on any atom is 0.242 e. The molecule has 6 heteroatoms. The number of hydrogen-bond acceptors (Lipinski definition) is 4. The van der Waals surface area contributed by atoms with Gasteiger partial charge >= 0.3 is 0 Å². The zero-order chi connectivity index (χ0) is 12.4. The van der Waals surface area contributed by atoms with Gasteiger partial charge in [-0.1, -0.05) is 0 Å². The lowest BCUT2D eigenvalue weighted by atomic mass is 10.1. The lowest BCUT2D eigenvalue weighted by Gasteiger charge is -2.20. The molecule has 0 fully saturated rings. The third-order valence-electron chi connectivity index (χ3n) is 1.77. The summed E-state index contributed by atoms with van der Waals surface area (Å²) in [7, 11) is -1.61. The van der Waals surface area contributed by atoms with Gasteiger partial charge in [0.05, 0.1) is 4.90 Å². The Morgan fingerprint density at radius 2 is 2.00 bits per heavy atom. The first kappa shape index (κ1) is 13.6. The van der Waals surface area contributed by atoms with Crippen molar-refractivity contribution in [1.29, 1.82) is 0 Å². The summed E-state index contributed by atoms with van der Waals surface area (Å²) in [6, 6.07) is 1.64. The molecule has 1 rings (SSSR count). The van der Waals surface area contributed by atoms with Crippen molar-refractivity contribution in [2.24, 2.45) is 0 Å². The molecule has 0 aliphatic rings. The third-order valence-corrected chi connectivity index (χ3v) is 4.66. The summed E-state index contributed by atoms with van der Waals surface area (Å²) in [5.74, 6) is 0. The van der Waals surface area contributed by atoms with Crippen LogP contribution in [0.25, 0.3) is 0 Å². The van der Waals surface area contributed by atoms with Crippen molar-refractivity contribution in [3.8, 4) is 0 Å². The van der Waals surface area contributed by atoms with Gasteiger partial charge < -0.3 is 5.32 Å². The van der Waals surface area contributed by atoms with Crippen molar-refractivity contribution in [3.63, 3.8) is 0 Å². The van der Waals surface area contributed by atoms with E-state index in [9.17, 15) is 8.42 Å². The summed E-state index contributed by atoms with van der Waals surface area (Å²) in [5.41, 5.74) is -0.461. The molecule has 16 heavy (non-hydrogen) atoms. The summed E-state index contributed by atoms with van der Waals surface area (Å²) in [6.07, 6.45) is 0. The van der Waals surface area contributed by atoms with Crippen LogP contribution < -0.4 is 10.0 Å². The summed E-state index contributed by atoms with van der Waals surface area (Å²) >= 11 is 1.45. The van der Waals surface area contributed by atoms with E-state index >= 15 is 0 Å². The Labute approximate surface area is 101 Å². The van der Waals surface area contributed by atoms with Gasteiger partial charge in [0.25, 0.3) is 0 Å². The first-order valence-corrected chi connectivity index (χ1v) is 7.37. The van der Waals surface area contributed by atoms with E-state index in [-0.39, 0.29) is 0 Å². The van der Waals surface area contributed by atoms with Crippen LogP contribution >= 0.6 is 11.3 Å². The second-order valence-electron chi connectivity index (χ2n) is 4.59. The van der Waals surface area contributed by atoms with E-state index in [4.69, 9.17) is 0 Å². The van der Waals surface area contributed by atoms with Crippen LogP contribution in [0.2, 0.25) is 0 Å². The summed E-state index contributed by atoms with van der Waals surface area (Å²) in [4.78, 5) is 1.21. The molecule has 1 aromatic heterocycles. The van der Waals surface area contributed by atoms with Gasteiger partial charge in [-0.25, -0.2) is 13.1 Å². The van der Waals surface area contributed by atoms with E-state index in [0.717, 1.165) is 4.88 Å². The smallest absolute Gasteiger partial charge is 0.242 e. The highest BCUT2D eigenvalue weighted by Gasteiger charge is 2.24. The molecular weight excluding hydrogens is 244 g/mol. The fraction of sp³-hybridized carbons (Fsp3) is 0.600. The molecule has 0 radical (unpaired) electrons. The average molecular weight is 262 g/mol. The van der Waals surface area contributed by atoms with E-state index in [0.29, 0.717) is 11.4 Å². The van der Waals surface area contributed by atoms with Crippen molar-refractivity contribution in [2.75, 3.05) is 7.05 Å². The van der Waals surface area contributed by atoms with E-state index in [1.165, 1.54) is 11.3 Å². The number of nitrogens with one attached hydrogen (secondary N) is 2. The molecule has 4 nitrogen and oxygen atoms in total. The second-order valence-corrected chi connectivity index (χ2v) is 7.25. The minimum absolute atomic E-state index is 0.377. The molecular formula is C10H18N2O2S2. The maximum absolute atomic E-state index is 12.1. The quantitative estimate of drug-likeness (QED) is 0.865. The minimum Gasteiger partial charge on any atom is -0.315 e. The Morgan fingerprint density at radius 3 is 2.50 bits per heavy atom. The fourth-order valence-electron chi connectivity index (χ4n) is 1.32. The molecule has 0 amide bonds. The SMILES string of the molecule is CNCc1sccc1S(=O)(=O)NC(C)(C)C. The molecule has 0 spiro atoms. The van der Waals surface area contributed by atoms with Crippen LogP contribution in [-0.2, 0) is 16.6 Å². The maximum atomic E-state index is 12.1. The Balaban J connectivity index is 3.03. The molecule has 0 saturated heterocycles. The van der Waals surface area contributed by atoms with Gasteiger partial charge in [0.1, 0.15) is 0 Å². The molecule has 0 aliphatic carbocycles. The van der Waals surface area contributed by atoms with E-state index in [1.54, 1.807) is 18.5 Å². The van der Waals surface area contributed by atoms with Crippen molar-refractivity contribution in [1.82, 2.24) is 10.0 Å². The lowest BCUT2D eigenvalue weighted by molar-refractivity contribution is 0.491. The van der Waals surface area contributed by atoms with Gasteiger partial charge in [0.2, 0.25) is 10.0 Å². The summed E-state index contributed by atoms with van der Waals surface area (Å²) in [5, 5.41) is 4.76. The molecule has 0 bridgehead atoms. The number of rotatable bonds is 4. The molecule has 1 aromatic rings.